The summed E-state index contributed by atoms with van der Waals surface area (Å²) in [7, 11) is 0. The van der Waals surface area contributed by atoms with Crippen molar-refractivity contribution in [2.24, 2.45) is 5.92 Å². The normalized spacial score (nSPS) is 23.9. The Kier molecular flexibility index (Phi) is 4.12. The van der Waals surface area contributed by atoms with Crippen molar-refractivity contribution in [3.8, 4) is 0 Å². The maximum Gasteiger partial charge on any atom is 0.135 e. The van der Waals surface area contributed by atoms with E-state index in [9.17, 15) is 9.90 Å². The molecule has 2 unspecified atom stereocenters. The molecule has 22 heavy (non-hydrogen) atoms. The Morgan fingerprint density at radius 2 is 1.50 bits per heavy atom. The Morgan fingerprint density at radius 3 is 1.91 bits per heavy atom. The number of carbonyl (C=O) groups is 1. The standard InChI is InChI=1S/C20H22O2/c1-15(21)18-12-13-20(14-19(18)22,16-8-4-2-5-9-16)17-10-6-3-7-11-17/h2-11,18-19,22H,12-14H2,1H3. The summed E-state index contributed by atoms with van der Waals surface area (Å²) in [4.78, 5) is 11.7. The molecule has 0 aliphatic heterocycles. The van der Waals surface area contributed by atoms with Crippen LogP contribution in [0.15, 0.2) is 60.7 Å². The molecule has 0 radical (unpaired) electrons. The molecule has 1 aliphatic carbocycles. The SMILES string of the molecule is CC(=O)C1CCC(c2ccccc2)(c2ccccc2)CC1O. The summed E-state index contributed by atoms with van der Waals surface area (Å²) in [6.07, 6.45) is 1.65. The van der Waals surface area contributed by atoms with Crippen LogP contribution in [-0.4, -0.2) is 17.0 Å². The molecular weight excluding hydrogens is 272 g/mol. The molecule has 1 saturated carbocycles. The van der Waals surface area contributed by atoms with Crippen molar-refractivity contribution < 1.29 is 9.90 Å². The maximum absolute atomic E-state index is 11.7. The van der Waals surface area contributed by atoms with E-state index < -0.39 is 6.10 Å². The van der Waals surface area contributed by atoms with Gasteiger partial charge in [0, 0.05) is 11.3 Å². The minimum absolute atomic E-state index is 0.0993. The fourth-order valence-corrected chi connectivity index (χ4v) is 3.88. The number of Topliss-reactive ketones (excluding diaryl/α,β-unsaturated/α-hetero) is 1. The first-order chi connectivity index (χ1) is 10.6. The smallest absolute Gasteiger partial charge is 0.135 e. The molecule has 114 valence electrons. The minimum Gasteiger partial charge on any atom is -0.392 e. The van der Waals surface area contributed by atoms with Gasteiger partial charge in [0.2, 0.25) is 0 Å². The van der Waals surface area contributed by atoms with Crippen molar-refractivity contribution in [2.75, 3.05) is 0 Å². The van der Waals surface area contributed by atoms with Crippen molar-refractivity contribution in [2.45, 2.75) is 37.7 Å². The van der Waals surface area contributed by atoms with E-state index in [1.807, 2.05) is 36.4 Å². The molecule has 3 rings (SSSR count). The lowest BCUT2D eigenvalue weighted by atomic mass is 9.61. The summed E-state index contributed by atoms with van der Waals surface area (Å²) in [5.41, 5.74) is 2.25. The average molecular weight is 294 g/mol. The zero-order valence-electron chi connectivity index (χ0n) is 12.9. The summed E-state index contributed by atoms with van der Waals surface area (Å²) < 4.78 is 0. The Morgan fingerprint density at radius 1 is 1.00 bits per heavy atom. The van der Waals surface area contributed by atoms with Gasteiger partial charge in [0.1, 0.15) is 5.78 Å². The first-order valence-corrected chi connectivity index (χ1v) is 7.93. The predicted octanol–water partition coefficient (Wildman–Crippen LogP) is 3.72. The molecule has 1 aliphatic rings. The van der Waals surface area contributed by atoms with Crippen LogP contribution in [0.3, 0.4) is 0 Å². The van der Waals surface area contributed by atoms with Gasteiger partial charge >= 0.3 is 0 Å². The molecular formula is C20H22O2. The van der Waals surface area contributed by atoms with Gasteiger partial charge in [-0.15, -0.1) is 0 Å². The quantitative estimate of drug-likeness (QED) is 0.936. The van der Waals surface area contributed by atoms with E-state index in [1.165, 1.54) is 11.1 Å². The molecule has 2 atom stereocenters. The van der Waals surface area contributed by atoms with E-state index in [-0.39, 0.29) is 17.1 Å². The van der Waals surface area contributed by atoms with E-state index >= 15 is 0 Å². The van der Waals surface area contributed by atoms with Gasteiger partial charge in [0.25, 0.3) is 0 Å². The molecule has 2 nitrogen and oxygen atoms in total. The minimum atomic E-state index is -0.577. The molecule has 1 N–H and O–H groups in total. The Hall–Kier alpha value is -1.93. The Balaban J connectivity index is 2.05. The van der Waals surface area contributed by atoms with E-state index in [1.54, 1.807) is 6.92 Å². The second-order valence-electron chi connectivity index (χ2n) is 6.34. The first-order valence-electron chi connectivity index (χ1n) is 7.93. The highest BCUT2D eigenvalue weighted by Crippen LogP contribution is 2.46. The number of hydrogen-bond acceptors (Lipinski definition) is 2. The monoisotopic (exact) mass is 294 g/mol. The number of aliphatic hydroxyl groups is 1. The summed E-state index contributed by atoms with van der Waals surface area (Å²) in [5.74, 6) is -0.122. The van der Waals surface area contributed by atoms with Crippen LogP contribution in [0.1, 0.15) is 37.3 Å². The highest BCUT2D eigenvalue weighted by atomic mass is 16.3. The van der Waals surface area contributed by atoms with E-state index in [2.05, 4.69) is 24.3 Å². The molecule has 2 heteroatoms. The van der Waals surface area contributed by atoms with Crippen molar-refractivity contribution >= 4 is 5.78 Å². The van der Waals surface area contributed by atoms with Crippen LogP contribution in [0, 0.1) is 5.92 Å². The molecule has 2 aromatic rings. The van der Waals surface area contributed by atoms with Gasteiger partial charge in [-0.3, -0.25) is 4.79 Å². The molecule has 2 aromatic carbocycles. The van der Waals surface area contributed by atoms with Crippen molar-refractivity contribution in [1.82, 2.24) is 0 Å². The van der Waals surface area contributed by atoms with Gasteiger partial charge in [0.15, 0.2) is 0 Å². The van der Waals surface area contributed by atoms with Crippen LogP contribution in [0.5, 0.6) is 0 Å². The van der Waals surface area contributed by atoms with Crippen LogP contribution < -0.4 is 0 Å². The molecule has 0 spiro atoms. The average Bonchev–Trinajstić information content (AvgIpc) is 2.56. The third-order valence-electron chi connectivity index (χ3n) is 5.08. The number of rotatable bonds is 3. The van der Waals surface area contributed by atoms with Gasteiger partial charge < -0.3 is 5.11 Å². The van der Waals surface area contributed by atoms with Gasteiger partial charge in [-0.1, -0.05) is 60.7 Å². The third-order valence-corrected chi connectivity index (χ3v) is 5.08. The Labute approximate surface area is 131 Å². The number of benzene rings is 2. The lowest BCUT2D eigenvalue weighted by Gasteiger charge is -2.43. The second kappa shape index (κ2) is 6.05. The zero-order chi connectivity index (χ0) is 15.6. The number of ketones is 1. The highest BCUT2D eigenvalue weighted by molar-refractivity contribution is 5.79. The fraction of sp³-hybridized carbons (Fsp3) is 0.350. The maximum atomic E-state index is 11.7. The first kappa shape index (κ1) is 15.0. The summed E-state index contributed by atoms with van der Waals surface area (Å²) >= 11 is 0. The third kappa shape index (κ3) is 2.59. The van der Waals surface area contributed by atoms with Gasteiger partial charge in [0.05, 0.1) is 6.10 Å². The molecule has 0 heterocycles. The lowest BCUT2D eigenvalue weighted by Crippen LogP contribution is -2.43. The lowest BCUT2D eigenvalue weighted by molar-refractivity contribution is -0.126. The summed E-state index contributed by atoms with van der Waals surface area (Å²) in [6.45, 7) is 1.59. The van der Waals surface area contributed by atoms with E-state index in [0.29, 0.717) is 6.42 Å². The fourth-order valence-electron chi connectivity index (χ4n) is 3.88. The number of hydrogen-bond donors (Lipinski definition) is 1. The van der Waals surface area contributed by atoms with Crippen LogP contribution in [-0.2, 0) is 10.2 Å². The highest BCUT2D eigenvalue weighted by Gasteiger charge is 2.43. The van der Waals surface area contributed by atoms with Crippen molar-refractivity contribution in [1.29, 1.82) is 0 Å². The summed E-state index contributed by atoms with van der Waals surface area (Å²) in [6, 6.07) is 20.7. The zero-order valence-corrected chi connectivity index (χ0v) is 12.9. The second-order valence-corrected chi connectivity index (χ2v) is 6.34. The molecule has 0 saturated heterocycles. The van der Waals surface area contributed by atoms with E-state index in [0.717, 1.165) is 12.8 Å². The molecule has 0 amide bonds. The largest absolute Gasteiger partial charge is 0.392 e. The topological polar surface area (TPSA) is 37.3 Å². The van der Waals surface area contributed by atoms with Crippen molar-refractivity contribution in [3.05, 3.63) is 71.8 Å². The predicted molar refractivity (Wildman–Crippen MR) is 87.7 cm³/mol. The van der Waals surface area contributed by atoms with Gasteiger partial charge in [-0.25, -0.2) is 0 Å². The molecule has 0 aromatic heterocycles. The van der Waals surface area contributed by atoms with Crippen molar-refractivity contribution in [3.63, 3.8) is 0 Å². The Bertz CT molecular complexity index is 594. The number of aliphatic hydroxyl groups excluding tert-OH is 1. The van der Waals surface area contributed by atoms with Gasteiger partial charge in [-0.2, -0.15) is 0 Å². The number of carbonyl (C=O) groups excluding carboxylic acids is 1. The van der Waals surface area contributed by atoms with Gasteiger partial charge in [-0.05, 0) is 37.3 Å². The van der Waals surface area contributed by atoms with Crippen LogP contribution in [0.2, 0.25) is 0 Å². The van der Waals surface area contributed by atoms with E-state index in [4.69, 9.17) is 0 Å². The molecule has 0 bridgehead atoms. The van der Waals surface area contributed by atoms with Crippen LogP contribution in [0.4, 0.5) is 0 Å². The van der Waals surface area contributed by atoms with Crippen LogP contribution >= 0.6 is 0 Å². The van der Waals surface area contributed by atoms with Crippen LogP contribution in [0.25, 0.3) is 0 Å². The summed E-state index contributed by atoms with van der Waals surface area (Å²) in [5, 5.41) is 10.6. The molecule has 1 fully saturated rings.